The first-order valence-electron chi connectivity index (χ1n) is 5.96. The van der Waals surface area contributed by atoms with Crippen molar-refractivity contribution in [3.05, 3.63) is 59.7 Å². The van der Waals surface area contributed by atoms with Crippen molar-refractivity contribution in [2.24, 2.45) is 5.73 Å². The number of hydrogen-bond acceptors (Lipinski definition) is 3. The molecule has 5 heteroatoms. The predicted molar refractivity (Wildman–Crippen MR) is 75.9 cm³/mol. The van der Waals surface area contributed by atoms with E-state index in [0.29, 0.717) is 22.6 Å². The molecule has 0 spiro atoms. The highest BCUT2D eigenvalue weighted by molar-refractivity contribution is 6.06. The highest BCUT2D eigenvalue weighted by Crippen LogP contribution is 2.19. The summed E-state index contributed by atoms with van der Waals surface area (Å²) in [6, 6.07) is 13.3. The van der Waals surface area contributed by atoms with Crippen LogP contribution < -0.4 is 15.8 Å². The van der Waals surface area contributed by atoms with Crippen LogP contribution in [-0.2, 0) is 0 Å². The van der Waals surface area contributed by atoms with Crippen molar-refractivity contribution >= 4 is 17.5 Å². The Kier molecular flexibility index (Phi) is 4.00. The number of anilines is 1. The van der Waals surface area contributed by atoms with Gasteiger partial charge in [-0.15, -0.1) is 0 Å². The Bertz CT molecular complexity index is 653. The van der Waals surface area contributed by atoms with E-state index in [1.165, 1.54) is 13.2 Å². The van der Waals surface area contributed by atoms with Gasteiger partial charge in [0.2, 0.25) is 5.91 Å². The van der Waals surface area contributed by atoms with E-state index in [0.717, 1.165) is 0 Å². The number of nitrogens with one attached hydrogen (secondary N) is 1. The van der Waals surface area contributed by atoms with Crippen LogP contribution in [0.25, 0.3) is 0 Å². The molecule has 0 unspecified atom stereocenters. The standard InChI is InChI=1S/C15H14N2O3/c1-20-13-8-3-2-7-12(13)15(19)17-11-6-4-5-10(9-11)14(16)18/h2-9H,1H3,(H2,16,18)(H,17,19). The Hall–Kier alpha value is -2.82. The fourth-order valence-electron chi connectivity index (χ4n) is 1.78. The number of ether oxygens (including phenoxy) is 1. The average Bonchev–Trinajstić information content (AvgIpc) is 2.47. The molecule has 5 nitrogen and oxygen atoms in total. The monoisotopic (exact) mass is 270 g/mol. The maximum Gasteiger partial charge on any atom is 0.259 e. The van der Waals surface area contributed by atoms with Crippen LogP contribution in [0.4, 0.5) is 5.69 Å². The minimum Gasteiger partial charge on any atom is -0.496 e. The molecule has 0 saturated carbocycles. The first-order chi connectivity index (χ1) is 9.61. The van der Waals surface area contributed by atoms with E-state index in [2.05, 4.69) is 5.32 Å². The van der Waals surface area contributed by atoms with Crippen LogP contribution in [-0.4, -0.2) is 18.9 Å². The van der Waals surface area contributed by atoms with Crippen LogP contribution in [0.2, 0.25) is 0 Å². The molecule has 0 heterocycles. The van der Waals surface area contributed by atoms with Crippen molar-refractivity contribution in [3.8, 4) is 5.75 Å². The molecule has 2 aromatic rings. The Morgan fingerprint density at radius 1 is 1.10 bits per heavy atom. The van der Waals surface area contributed by atoms with E-state index in [-0.39, 0.29) is 5.91 Å². The molecular weight excluding hydrogens is 256 g/mol. The van der Waals surface area contributed by atoms with Crippen LogP contribution in [0.3, 0.4) is 0 Å². The highest BCUT2D eigenvalue weighted by atomic mass is 16.5. The number of nitrogens with two attached hydrogens (primary N) is 1. The lowest BCUT2D eigenvalue weighted by atomic mass is 10.1. The maximum absolute atomic E-state index is 12.2. The summed E-state index contributed by atoms with van der Waals surface area (Å²) < 4.78 is 5.13. The summed E-state index contributed by atoms with van der Waals surface area (Å²) in [5.41, 5.74) is 6.45. The van der Waals surface area contributed by atoms with Gasteiger partial charge in [0.05, 0.1) is 12.7 Å². The van der Waals surface area contributed by atoms with Gasteiger partial charge in [0.1, 0.15) is 5.75 Å². The fraction of sp³-hybridized carbons (Fsp3) is 0.0667. The summed E-state index contributed by atoms with van der Waals surface area (Å²) in [6.45, 7) is 0. The molecule has 0 saturated heterocycles. The maximum atomic E-state index is 12.2. The minimum absolute atomic E-state index is 0.316. The quantitative estimate of drug-likeness (QED) is 0.892. The van der Waals surface area contributed by atoms with Gasteiger partial charge in [-0.05, 0) is 30.3 Å². The molecule has 3 N–H and O–H groups in total. The lowest BCUT2D eigenvalue weighted by molar-refractivity contribution is 0.0995. The van der Waals surface area contributed by atoms with Crippen molar-refractivity contribution in [2.75, 3.05) is 12.4 Å². The number of benzene rings is 2. The average molecular weight is 270 g/mol. The second-order valence-corrected chi connectivity index (χ2v) is 4.10. The second-order valence-electron chi connectivity index (χ2n) is 4.10. The van der Waals surface area contributed by atoms with E-state index in [1.807, 2.05) is 0 Å². The fourth-order valence-corrected chi connectivity index (χ4v) is 1.78. The third-order valence-electron chi connectivity index (χ3n) is 2.76. The SMILES string of the molecule is COc1ccccc1C(=O)Nc1cccc(C(N)=O)c1. The van der Waals surface area contributed by atoms with Gasteiger partial charge in [0.15, 0.2) is 0 Å². The third-order valence-corrected chi connectivity index (χ3v) is 2.76. The number of hydrogen-bond donors (Lipinski definition) is 2. The summed E-state index contributed by atoms with van der Waals surface area (Å²) in [5.74, 6) is -0.376. The molecular formula is C15H14N2O3. The molecule has 2 amide bonds. The number of primary amides is 1. The van der Waals surface area contributed by atoms with Gasteiger partial charge in [0, 0.05) is 11.3 Å². The van der Waals surface area contributed by atoms with Crippen LogP contribution in [0.1, 0.15) is 20.7 Å². The van der Waals surface area contributed by atoms with Crippen LogP contribution >= 0.6 is 0 Å². The molecule has 0 radical (unpaired) electrons. The lowest BCUT2D eigenvalue weighted by Crippen LogP contribution is -2.15. The normalized spacial score (nSPS) is 9.85. The number of carbonyl (C=O) groups is 2. The third kappa shape index (κ3) is 2.95. The first kappa shape index (κ1) is 13.6. The van der Waals surface area contributed by atoms with Crippen molar-refractivity contribution < 1.29 is 14.3 Å². The number of rotatable bonds is 4. The Morgan fingerprint density at radius 2 is 1.85 bits per heavy atom. The molecule has 102 valence electrons. The van der Waals surface area contributed by atoms with Crippen molar-refractivity contribution in [1.29, 1.82) is 0 Å². The topological polar surface area (TPSA) is 81.4 Å². The zero-order valence-electron chi connectivity index (χ0n) is 10.9. The predicted octanol–water partition coefficient (Wildman–Crippen LogP) is 2.05. The molecule has 0 aliphatic rings. The molecule has 0 aromatic heterocycles. The molecule has 2 aromatic carbocycles. The van der Waals surface area contributed by atoms with Crippen LogP contribution in [0.5, 0.6) is 5.75 Å². The van der Waals surface area contributed by atoms with Gasteiger partial charge in [0.25, 0.3) is 5.91 Å². The van der Waals surface area contributed by atoms with E-state index in [4.69, 9.17) is 10.5 Å². The second kappa shape index (κ2) is 5.88. The number of methoxy groups -OCH3 is 1. The first-order valence-corrected chi connectivity index (χ1v) is 5.96. The molecule has 0 fully saturated rings. The van der Waals surface area contributed by atoms with Crippen molar-refractivity contribution in [1.82, 2.24) is 0 Å². The molecule has 0 aliphatic heterocycles. The summed E-state index contributed by atoms with van der Waals surface area (Å²) >= 11 is 0. The molecule has 0 bridgehead atoms. The number of carbonyl (C=O) groups excluding carboxylic acids is 2. The zero-order chi connectivity index (χ0) is 14.5. The Labute approximate surface area is 116 Å². The van der Waals surface area contributed by atoms with Gasteiger partial charge in [-0.25, -0.2) is 0 Å². The molecule has 0 atom stereocenters. The smallest absolute Gasteiger partial charge is 0.259 e. The Balaban J connectivity index is 2.23. The van der Waals surface area contributed by atoms with Crippen molar-refractivity contribution in [3.63, 3.8) is 0 Å². The van der Waals surface area contributed by atoms with E-state index in [9.17, 15) is 9.59 Å². The molecule has 2 rings (SSSR count). The van der Waals surface area contributed by atoms with Crippen LogP contribution in [0.15, 0.2) is 48.5 Å². The van der Waals surface area contributed by atoms with Gasteiger partial charge >= 0.3 is 0 Å². The largest absolute Gasteiger partial charge is 0.496 e. The van der Waals surface area contributed by atoms with E-state index < -0.39 is 5.91 Å². The lowest BCUT2D eigenvalue weighted by Gasteiger charge is -2.09. The minimum atomic E-state index is -0.543. The molecule has 0 aliphatic carbocycles. The molecule has 20 heavy (non-hydrogen) atoms. The number of amides is 2. The van der Waals surface area contributed by atoms with Gasteiger partial charge in [-0.2, -0.15) is 0 Å². The summed E-state index contributed by atoms with van der Waals surface area (Å²) in [6.07, 6.45) is 0. The van der Waals surface area contributed by atoms with E-state index >= 15 is 0 Å². The zero-order valence-corrected chi connectivity index (χ0v) is 10.9. The van der Waals surface area contributed by atoms with Gasteiger partial charge in [-0.1, -0.05) is 18.2 Å². The summed E-state index contributed by atoms with van der Waals surface area (Å²) in [7, 11) is 1.50. The summed E-state index contributed by atoms with van der Waals surface area (Å²) in [5, 5.41) is 2.70. The summed E-state index contributed by atoms with van der Waals surface area (Å²) in [4.78, 5) is 23.3. The highest BCUT2D eigenvalue weighted by Gasteiger charge is 2.12. The number of para-hydroxylation sites is 1. The van der Waals surface area contributed by atoms with Gasteiger partial charge < -0.3 is 15.8 Å². The van der Waals surface area contributed by atoms with Gasteiger partial charge in [-0.3, -0.25) is 9.59 Å². The van der Waals surface area contributed by atoms with Crippen LogP contribution in [0, 0.1) is 0 Å². The van der Waals surface area contributed by atoms with Crippen molar-refractivity contribution in [2.45, 2.75) is 0 Å². The van der Waals surface area contributed by atoms with E-state index in [1.54, 1.807) is 42.5 Å². The Morgan fingerprint density at radius 3 is 2.55 bits per heavy atom.